The SMILES string of the molecule is COc1ccc(C(=O)NCCNCc2cc(OC)c(OC)c(OC)c2)cc1OC. The van der Waals surface area contributed by atoms with Gasteiger partial charge in [-0.05, 0) is 35.9 Å². The summed E-state index contributed by atoms with van der Waals surface area (Å²) in [6, 6.07) is 8.82. The Morgan fingerprint density at radius 2 is 1.38 bits per heavy atom. The summed E-state index contributed by atoms with van der Waals surface area (Å²) in [5, 5.41) is 6.15. The Kier molecular flexibility index (Phi) is 8.42. The molecular weight excluding hydrogens is 376 g/mol. The van der Waals surface area contributed by atoms with E-state index in [2.05, 4.69) is 10.6 Å². The number of rotatable bonds is 11. The number of methoxy groups -OCH3 is 5. The number of hydrogen-bond donors (Lipinski definition) is 2. The zero-order valence-electron chi connectivity index (χ0n) is 17.5. The van der Waals surface area contributed by atoms with Crippen LogP contribution in [0.5, 0.6) is 28.7 Å². The molecule has 0 radical (unpaired) electrons. The monoisotopic (exact) mass is 404 g/mol. The summed E-state index contributed by atoms with van der Waals surface area (Å²) in [6.45, 7) is 1.65. The van der Waals surface area contributed by atoms with Crippen molar-refractivity contribution in [3.05, 3.63) is 41.5 Å². The predicted molar refractivity (Wildman–Crippen MR) is 110 cm³/mol. The van der Waals surface area contributed by atoms with E-state index >= 15 is 0 Å². The number of amides is 1. The van der Waals surface area contributed by atoms with Gasteiger partial charge in [-0.15, -0.1) is 0 Å². The number of ether oxygens (including phenoxy) is 5. The molecule has 0 spiro atoms. The molecule has 0 aliphatic heterocycles. The minimum atomic E-state index is -0.180. The molecule has 8 heteroatoms. The van der Waals surface area contributed by atoms with Crippen molar-refractivity contribution in [1.82, 2.24) is 10.6 Å². The minimum Gasteiger partial charge on any atom is -0.493 e. The van der Waals surface area contributed by atoms with Gasteiger partial charge in [-0.2, -0.15) is 0 Å². The van der Waals surface area contributed by atoms with Crippen molar-refractivity contribution >= 4 is 5.91 Å². The molecule has 0 fully saturated rings. The van der Waals surface area contributed by atoms with Crippen molar-refractivity contribution < 1.29 is 28.5 Å². The third-order valence-electron chi connectivity index (χ3n) is 4.29. The van der Waals surface area contributed by atoms with E-state index in [4.69, 9.17) is 23.7 Å². The Labute approximate surface area is 171 Å². The molecule has 0 saturated carbocycles. The molecule has 2 aromatic rings. The maximum absolute atomic E-state index is 12.3. The van der Waals surface area contributed by atoms with Gasteiger partial charge in [0.25, 0.3) is 5.91 Å². The number of benzene rings is 2. The lowest BCUT2D eigenvalue weighted by Gasteiger charge is -2.14. The van der Waals surface area contributed by atoms with Gasteiger partial charge in [0.1, 0.15) is 0 Å². The highest BCUT2D eigenvalue weighted by Crippen LogP contribution is 2.38. The van der Waals surface area contributed by atoms with Crippen LogP contribution in [-0.4, -0.2) is 54.5 Å². The van der Waals surface area contributed by atoms with Crippen molar-refractivity contribution in [2.75, 3.05) is 48.6 Å². The van der Waals surface area contributed by atoms with Crippen LogP contribution >= 0.6 is 0 Å². The third-order valence-corrected chi connectivity index (χ3v) is 4.29. The van der Waals surface area contributed by atoms with E-state index in [1.807, 2.05) is 12.1 Å². The fourth-order valence-electron chi connectivity index (χ4n) is 2.81. The minimum absolute atomic E-state index is 0.180. The zero-order chi connectivity index (χ0) is 21.2. The quantitative estimate of drug-likeness (QED) is 0.556. The number of nitrogens with one attached hydrogen (secondary N) is 2. The third kappa shape index (κ3) is 5.68. The lowest BCUT2D eigenvalue weighted by Crippen LogP contribution is -2.31. The average molecular weight is 404 g/mol. The van der Waals surface area contributed by atoms with Crippen LogP contribution in [0.25, 0.3) is 0 Å². The van der Waals surface area contributed by atoms with Gasteiger partial charge in [0.2, 0.25) is 5.75 Å². The first-order valence-corrected chi connectivity index (χ1v) is 9.07. The molecule has 29 heavy (non-hydrogen) atoms. The molecule has 8 nitrogen and oxygen atoms in total. The van der Waals surface area contributed by atoms with Crippen molar-refractivity contribution in [3.63, 3.8) is 0 Å². The molecule has 2 N–H and O–H groups in total. The first-order chi connectivity index (χ1) is 14.1. The largest absolute Gasteiger partial charge is 0.493 e. The second-order valence-electron chi connectivity index (χ2n) is 6.04. The van der Waals surface area contributed by atoms with E-state index < -0.39 is 0 Å². The average Bonchev–Trinajstić information content (AvgIpc) is 2.77. The van der Waals surface area contributed by atoms with E-state index in [1.54, 1.807) is 46.6 Å². The molecule has 0 aromatic heterocycles. The van der Waals surface area contributed by atoms with Crippen LogP contribution in [0.1, 0.15) is 15.9 Å². The van der Waals surface area contributed by atoms with Gasteiger partial charge in [0, 0.05) is 25.2 Å². The normalized spacial score (nSPS) is 10.2. The Bertz CT molecular complexity index is 800. The van der Waals surface area contributed by atoms with Crippen LogP contribution in [0.2, 0.25) is 0 Å². The molecule has 0 heterocycles. The van der Waals surface area contributed by atoms with Crippen LogP contribution in [0.3, 0.4) is 0 Å². The van der Waals surface area contributed by atoms with Gasteiger partial charge < -0.3 is 34.3 Å². The lowest BCUT2D eigenvalue weighted by atomic mass is 10.1. The van der Waals surface area contributed by atoms with Crippen LogP contribution in [0.15, 0.2) is 30.3 Å². The Hall–Kier alpha value is -3.13. The molecule has 158 valence electrons. The van der Waals surface area contributed by atoms with Crippen LogP contribution < -0.4 is 34.3 Å². The van der Waals surface area contributed by atoms with E-state index in [1.165, 1.54) is 7.11 Å². The highest BCUT2D eigenvalue weighted by molar-refractivity contribution is 5.94. The van der Waals surface area contributed by atoms with Crippen molar-refractivity contribution in [2.45, 2.75) is 6.54 Å². The molecule has 0 bridgehead atoms. The first kappa shape index (κ1) is 22.2. The fourth-order valence-corrected chi connectivity index (χ4v) is 2.81. The van der Waals surface area contributed by atoms with Gasteiger partial charge in [0.05, 0.1) is 35.5 Å². The Morgan fingerprint density at radius 3 is 1.93 bits per heavy atom. The number of hydrogen-bond acceptors (Lipinski definition) is 7. The van der Waals surface area contributed by atoms with Crippen molar-refractivity contribution in [2.24, 2.45) is 0 Å². The Morgan fingerprint density at radius 1 is 0.759 bits per heavy atom. The van der Waals surface area contributed by atoms with Gasteiger partial charge in [0.15, 0.2) is 23.0 Å². The molecule has 0 atom stereocenters. The lowest BCUT2D eigenvalue weighted by molar-refractivity contribution is 0.0953. The van der Waals surface area contributed by atoms with Gasteiger partial charge in [-0.1, -0.05) is 0 Å². The summed E-state index contributed by atoms with van der Waals surface area (Å²) in [7, 11) is 7.82. The molecule has 0 saturated heterocycles. The first-order valence-electron chi connectivity index (χ1n) is 9.07. The second-order valence-corrected chi connectivity index (χ2v) is 6.04. The molecular formula is C21H28N2O6. The molecule has 2 aromatic carbocycles. The summed E-state index contributed by atoms with van der Waals surface area (Å²) >= 11 is 0. The topological polar surface area (TPSA) is 87.3 Å². The summed E-state index contributed by atoms with van der Waals surface area (Å²) < 4.78 is 26.4. The van der Waals surface area contributed by atoms with E-state index in [0.717, 1.165) is 5.56 Å². The highest BCUT2D eigenvalue weighted by atomic mass is 16.5. The number of carbonyl (C=O) groups is 1. The number of carbonyl (C=O) groups excluding carboxylic acids is 1. The van der Waals surface area contributed by atoms with Crippen LogP contribution in [0, 0.1) is 0 Å². The molecule has 0 aliphatic rings. The second kappa shape index (κ2) is 11.0. The standard InChI is InChI=1S/C21H28N2O6/c1-25-16-7-6-15(12-17(16)26-2)21(24)23-9-8-22-13-14-10-18(27-3)20(29-5)19(11-14)28-4/h6-7,10-12,22H,8-9,13H2,1-5H3,(H,23,24). The van der Waals surface area contributed by atoms with Crippen LogP contribution in [0.4, 0.5) is 0 Å². The molecule has 0 aliphatic carbocycles. The summed E-state index contributed by atoms with van der Waals surface area (Å²) in [4.78, 5) is 12.3. The smallest absolute Gasteiger partial charge is 0.251 e. The molecule has 0 unspecified atom stereocenters. The van der Waals surface area contributed by atoms with Gasteiger partial charge in [-0.3, -0.25) is 4.79 Å². The maximum Gasteiger partial charge on any atom is 0.251 e. The van der Waals surface area contributed by atoms with Crippen molar-refractivity contribution in [3.8, 4) is 28.7 Å². The van der Waals surface area contributed by atoms with Crippen molar-refractivity contribution in [1.29, 1.82) is 0 Å². The molecule has 1 amide bonds. The van der Waals surface area contributed by atoms with E-state index in [9.17, 15) is 4.79 Å². The Balaban J connectivity index is 1.86. The highest BCUT2D eigenvalue weighted by Gasteiger charge is 2.13. The maximum atomic E-state index is 12.3. The summed E-state index contributed by atoms with van der Waals surface area (Å²) in [6.07, 6.45) is 0. The van der Waals surface area contributed by atoms with Gasteiger partial charge >= 0.3 is 0 Å². The fraction of sp³-hybridized carbons (Fsp3) is 0.381. The van der Waals surface area contributed by atoms with Crippen LogP contribution in [-0.2, 0) is 6.54 Å². The summed E-state index contributed by atoms with van der Waals surface area (Å²) in [5.74, 6) is 2.68. The summed E-state index contributed by atoms with van der Waals surface area (Å²) in [5.41, 5.74) is 1.48. The predicted octanol–water partition coefficient (Wildman–Crippen LogP) is 2.25. The molecule has 2 rings (SSSR count). The van der Waals surface area contributed by atoms with Gasteiger partial charge in [-0.25, -0.2) is 0 Å². The zero-order valence-corrected chi connectivity index (χ0v) is 17.5. The van der Waals surface area contributed by atoms with E-state index in [-0.39, 0.29) is 5.91 Å². The van der Waals surface area contributed by atoms with E-state index in [0.29, 0.717) is 53.9 Å².